The van der Waals surface area contributed by atoms with Gasteiger partial charge in [-0.2, -0.15) is 0 Å². The van der Waals surface area contributed by atoms with Gasteiger partial charge in [0.1, 0.15) is 0 Å². The molecule has 0 heteroatoms. The highest BCUT2D eigenvalue weighted by Crippen LogP contribution is 2.05. The summed E-state index contributed by atoms with van der Waals surface area (Å²) in [5.41, 5.74) is 7.97. The van der Waals surface area contributed by atoms with E-state index < -0.39 is 0 Å². The lowest BCUT2D eigenvalue weighted by atomic mass is 10.1. The molecule has 0 heterocycles. The van der Waals surface area contributed by atoms with E-state index in [1.807, 2.05) is 74.6 Å². The minimum absolute atomic E-state index is 0.923. The van der Waals surface area contributed by atoms with E-state index in [2.05, 4.69) is 70.9 Å². The molecule has 0 saturated heterocycles. The molecule has 0 fully saturated rings. The van der Waals surface area contributed by atoms with Crippen molar-refractivity contribution in [3.63, 3.8) is 0 Å². The Labute approximate surface area is 174 Å². The fraction of sp³-hybridized carbons (Fsp3) is 0.250. The first-order valence-corrected chi connectivity index (χ1v) is 9.64. The average molecular weight is 375 g/mol. The smallest absolute Gasteiger partial charge is 0.0169 e. The van der Waals surface area contributed by atoms with Gasteiger partial charge in [0.05, 0.1) is 0 Å². The van der Waals surface area contributed by atoms with Gasteiger partial charge >= 0.3 is 0 Å². The molecule has 0 aliphatic heterocycles. The van der Waals surface area contributed by atoms with Gasteiger partial charge < -0.3 is 0 Å². The predicted molar refractivity (Wildman–Crippen MR) is 131 cm³/mol. The van der Waals surface area contributed by atoms with E-state index in [0.717, 1.165) is 12.0 Å². The Morgan fingerprint density at radius 2 is 1.43 bits per heavy atom. The number of rotatable bonds is 9. The Hall–Kier alpha value is -2.82. The van der Waals surface area contributed by atoms with E-state index in [-0.39, 0.29) is 0 Å². The summed E-state index contributed by atoms with van der Waals surface area (Å²) in [6.07, 6.45) is 28.8. The first-order chi connectivity index (χ1) is 13.4. The SMILES string of the molecule is C=C(C)/C(C)=C\C=CC=CC(C)=C(C)C.C=CC/C=C\C=CC=CC=C=CC. The summed E-state index contributed by atoms with van der Waals surface area (Å²) in [6, 6.07) is 0. The van der Waals surface area contributed by atoms with Gasteiger partial charge in [-0.05, 0) is 65.7 Å². The molecule has 0 N–H and O–H groups in total. The lowest BCUT2D eigenvalue weighted by molar-refractivity contribution is 1.29. The van der Waals surface area contributed by atoms with Crippen molar-refractivity contribution in [2.45, 2.75) is 48.0 Å². The van der Waals surface area contributed by atoms with Crippen LogP contribution in [0.1, 0.15) is 48.0 Å². The zero-order chi connectivity index (χ0) is 21.6. The van der Waals surface area contributed by atoms with Crippen molar-refractivity contribution in [3.8, 4) is 0 Å². The van der Waals surface area contributed by atoms with Crippen LogP contribution in [0, 0.1) is 0 Å². The van der Waals surface area contributed by atoms with Crippen LogP contribution in [0.4, 0.5) is 0 Å². The highest BCUT2D eigenvalue weighted by Gasteiger charge is 1.84. The molecule has 0 bridgehead atoms. The second-order valence-corrected chi connectivity index (χ2v) is 6.40. The molecule has 0 aromatic rings. The Balaban J connectivity index is 0. The Kier molecular flexibility index (Phi) is 20.1. The van der Waals surface area contributed by atoms with Gasteiger partial charge in [0.25, 0.3) is 0 Å². The molecule has 0 unspecified atom stereocenters. The summed E-state index contributed by atoms with van der Waals surface area (Å²) in [4.78, 5) is 0. The summed E-state index contributed by atoms with van der Waals surface area (Å²) < 4.78 is 0. The standard InChI is InChI=1S/C15H22.C13H16/c1-12(2)14(5)10-8-7-9-11-15(6)13(3)4;1-3-5-7-9-11-13-12-10-8-6-4-2/h7-11H,1H2,2-6H3;3-4,7-13H,1,5H2,2H3/b8-7?,11-9?,14-10-;9-7-,12-10?,13-11?. The maximum absolute atomic E-state index is 3.88. The molecule has 0 rings (SSSR count). The van der Waals surface area contributed by atoms with Gasteiger partial charge in [0.2, 0.25) is 0 Å². The van der Waals surface area contributed by atoms with Crippen molar-refractivity contribution in [2.75, 3.05) is 0 Å². The van der Waals surface area contributed by atoms with Gasteiger partial charge in [-0.25, -0.2) is 0 Å². The first-order valence-electron chi connectivity index (χ1n) is 9.64. The first kappa shape index (κ1) is 27.4. The van der Waals surface area contributed by atoms with Crippen LogP contribution < -0.4 is 0 Å². The lowest BCUT2D eigenvalue weighted by Gasteiger charge is -1.94. The van der Waals surface area contributed by atoms with Crippen molar-refractivity contribution in [1.29, 1.82) is 0 Å². The maximum atomic E-state index is 3.88. The molecule has 0 radical (unpaired) electrons. The van der Waals surface area contributed by atoms with Crippen molar-refractivity contribution in [3.05, 3.63) is 126 Å². The Morgan fingerprint density at radius 1 is 0.821 bits per heavy atom. The molecule has 0 atom stereocenters. The molecule has 0 spiro atoms. The van der Waals surface area contributed by atoms with Crippen molar-refractivity contribution >= 4 is 0 Å². The normalized spacial score (nSPS) is 11.7. The molecular weight excluding hydrogens is 336 g/mol. The van der Waals surface area contributed by atoms with E-state index >= 15 is 0 Å². The highest BCUT2D eigenvalue weighted by molar-refractivity contribution is 5.30. The maximum Gasteiger partial charge on any atom is -0.0169 e. The molecule has 0 nitrogen and oxygen atoms in total. The van der Waals surface area contributed by atoms with Crippen LogP contribution in [0.2, 0.25) is 0 Å². The molecule has 0 aromatic carbocycles. The third kappa shape index (κ3) is 21.2. The van der Waals surface area contributed by atoms with Crippen LogP contribution in [0.15, 0.2) is 126 Å². The summed E-state index contributed by atoms with van der Waals surface area (Å²) in [5, 5.41) is 0. The fourth-order valence-electron chi connectivity index (χ4n) is 1.43. The molecular formula is C28H38. The number of allylic oxidation sites excluding steroid dienone is 17. The van der Waals surface area contributed by atoms with Gasteiger partial charge in [0.15, 0.2) is 0 Å². The summed E-state index contributed by atoms with van der Waals surface area (Å²) >= 11 is 0. The minimum atomic E-state index is 0.923. The third-order valence-electron chi connectivity index (χ3n) is 3.62. The van der Waals surface area contributed by atoms with Crippen LogP contribution in [0.3, 0.4) is 0 Å². The highest BCUT2D eigenvalue weighted by atomic mass is 13.9. The number of hydrogen-bond acceptors (Lipinski definition) is 0. The Morgan fingerprint density at radius 3 is 2.00 bits per heavy atom. The van der Waals surface area contributed by atoms with Crippen LogP contribution in [0.5, 0.6) is 0 Å². The molecule has 0 aliphatic carbocycles. The van der Waals surface area contributed by atoms with Crippen molar-refractivity contribution in [2.24, 2.45) is 0 Å². The van der Waals surface area contributed by atoms with E-state index in [9.17, 15) is 0 Å². The van der Waals surface area contributed by atoms with Gasteiger partial charge in [-0.3, -0.25) is 0 Å². The second-order valence-electron chi connectivity index (χ2n) is 6.40. The van der Waals surface area contributed by atoms with E-state index in [1.165, 1.54) is 16.7 Å². The van der Waals surface area contributed by atoms with E-state index in [4.69, 9.17) is 0 Å². The van der Waals surface area contributed by atoms with E-state index in [1.54, 1.807) is 0 Å². The minimum Gasteiger partial charge on any atom is -0.125 e. The molecule has 0 amide bonds. The third-order valence-corrected chi connectivity index (χ3v) is 3.62. The molecule has 0 saturated carbocycles. The van der Waals surface area contributed by atoms with E-state index in [0.29, 0.717) is 0 Å². The van der Waals surface area contributed by atoms with Crippen molar-refractivity contribution < 1.29 is 0 Å². The summed E-state index contributed by atoms with van der Waals surface area (Å²) in [6.45, 7) is 19.9. The molecule has 0 aromatic heterocycles. The lowest BCUT2D eigenvalue weighted by Crippen LogP contribution is -1.73. The largest absolute Gasteiger partial charge is 0.125 e. The molecule has 28 heavy (non-hydrogen) atoms. The summed E-state index contributed by atoms with van der Waals surface area (Å²) in [7, 11) is 0. The van der Waals surface area contributed by atoms with Crippen LogP contribution >= 0.6 is 0 Å². The van der Waals surface area contributed by atoms with Crippen LogP contribution in [-0.2, 0) is 0 Å². The fourth-order valence-corrected chi connectivity index (χ4v) is 1.43. The second kappa shape index (κ2) is 20.5. The van der Waals surface area contributed by atoms with Gasteiger partial charge in [-0.15, -0.1) is 12.3 Å². The molecule has 0 aliphatic rings. The zero-order valence-electron chi connectivity index (χ0n) is 18.7. The monoisotopic (exact) mass is 374 g/mol. The van der Waals surface area contributed by atoms with Gasteiger partial charge in [-0.1, -0.05) is 96.2 Å². The Bertz CT molecular complexity index is 712. The topological polar surface area (TPSA) is 0 Å². The number of hydrogen-bond donors (Lipinski definition) is 0. The summed E-state index contributed by atoms with van der Waals surface area (Å²) in [5.74, 6) is 0. The zero-order valence-corrected chi connectivity index (χ0v) is 18.7. The average Bonchev–Trinajstić information content (AvgIpc) is 2.66. The predicted octanol–water partition coefficient (Wildman–Crippen LogP) is 8.94. The molecule has 150 valence electrons. The van der Waals surface area contributed by atoms with Crippen LogP contribution in [-0.4, -0.2) is 0 Å². The van der Waals surface area contributed by atoms with Crippen molar-refractivity contribution in [1.82, 2.24) is 0 Å². The quantitative estimate of drug-likeness (QED) is 0.215. The van der Waals surface area contributed by atoms with Gasteiger partial charge in [0, 0.05) is 0 Å². The van der Waals surface area contributed by atoms with Crippen LogP contribution in [0.25, 0.3) is 0 Å².